The van der Waals surface area contributed by atoms with E-state index in [4.69, 9.17) is 13.6 Å². The number of ether oxygens (including phenoxy) is 1. The second-order valence-corrected chi connectivity index (χ2v) is 14.7. The van der Waals surface area contributed by atoms with Crippen molar-refractivity contribution in [1.82, 2.24) is 29.4 Å². The maximum absolute atomic E-state index is 13.4. The molecule has 1 unspecified atom stereocenters. The van der Waals surface area contributed by atoms with Gasteiger partial charge in [-0.25, -0.2) is 9.59 Å². The number of oxime groups is 1. The number of hydrogen-bond donors (Lipinski definition) is 3. The number of carbonyl (C=O) groups excluding carboxylic acids is 4. The van der Waals surface area contributed by atoms with Crippen LogP contribution in [0.5, 0.6) is 0 Å². The molecular weight excluding hydrogens is 725 g/mol. The summed E-state index contributed by atoms with van der Waals surface area (Å²) in [5, 5.41) is 24.1. The first-order chi connectivity index (χ1) is 22.5. The van der Waals surface area contributed by atoms with E-state index in [1.807, 2.05) is 0 Å². The van der Waals surface area contributed by atoms with Crippen molar-refractivity contribution in [3.63, 3.8) is 0 Å². The summed E-state index contributed by atoms with van der Waals surface area (Å²) < 4.78 is 19.4. The van der Waals surface area contributed by atoms with Crippen molar-refractivity contribution in [2.45, 2.75) is 43.8 Å². The SMILES string of the molecule is Cc1oc(=O)oc1COC(=O)N1CC[C@@H](N2CCC(=CC3=C(C(=O)O)N4C(=O)[C@@H](NC(=O)C(=NO)c5nsc([AsH2])n5)[C@H]4SC3)C2=O)C1. The molecule has 2 aromatic rings. The predicted molar refractivity (Wildman–Crippen MR) is 163 cm³/mol. The number of rotatable bonds is 8. The van der Waals surface area contributed by atoms with Gasteiger partial charge in [0, 0.05) is 25.2 Å². The monoisotopic (exact) mass is 751 g/mol. The summed E-state index contributed by atoms with van der Waals surface area (Å²) in [6.07, 6.45) is 1.72. The van der Waals surface area contributed by atoms with E-state index in [0.29, 0.717) is 35.3 Å². The topological polar surface area (TPSA) is 238 Å². The number of aliphatic carboxylic acids is 1. The van der Waals surface area contributed by atoms with Gasteiger partial charge in [0.1, 0.15) is 0 Å². The van der Waals surface area contributed by atoms with Gasteiger partial charge in [0.05, 0.1) is 6.04 Å². The molecule has 0 bridgehead atoms. The van der Waals surface area contributed by atoms with E-state index < -0.39 is 46.8 Å². The third kappa shape index (κ3) is 6.19. The summed E-state index contributed by atoms with van der Waals surface area (Å²) in [7, 11) is 0. The minimum Gasteiger partial charge on any atom is -0.269 e. The van der Waals surface area contributed by atoms with Crippen LogP contribution in [0.4, 0.5) is 4.79 Å². The molecule has 6 heterocycles. The summed E-state index contributed by atoms with van der Waals surface area (Å²) in [5.41, 5.74) is -0.0983. The van der Waals surface area contributed by atoms with Crippen LogP contribution in [0, 0.1) is 6.92 Å². The summed E-state index contributed by atoms with van der Waals surface area (Å²) in [6, 6.07) is -1.37. The van der Waals surface area contributed by atoms with Crippen LogP contribution in [-0.2, 0) is 30.5 Å². The Kier molecular flexibility index (Phi) is 8.99. The molecule has 4 atom stereocenters. The fraction of sp³-hybridized carbons (Fsp3) is 0.423. The molecule has 0 spiro atoms. The molecular formula is C26H26AsN7O11S2. The van der Waals surface area contributed by atoms with Crippen LogP contribution in [-0.4, -0.2) is 130 Å². The minimum atomic E-state index is -1.36. The number of amides is 4. The molecule has 21 heteroatoms. The van der Waals surface area contributed by atoms with E-state index in [2.05, 4.69) is 19.8 Å². The number of carboxylic acid groups (broad SMARTS) is 1. The Bertz CT molecular complexity index is 1830. The Morgan fingerprint density at radius 3 is 2.68 bits per heavy atom. The van der Waals surface area contributed by atoms with Gasteiger partial charge in [0.15, 0.2) is 18.1 Å². The number of likely N-dealkylation sites (tertiary alicyclic amines) is 2. The summed E-state index contributed by atoms with van der Waals surface area (Å²) in [6.45, 7) is 2.17. The summed E-state index contributed by atoms with van der Waals surface area (Å²) >= 11 is 3.41. The fourth-order valence-electron chi connectivity index (χ4n) is 5.70. The third-order valence-corrected chi connectivity index (χ3v) is 10.8. The van der Waals surface area contributed by atoms with Gasteiger partial charge in [-0.15, -0.1) is 0 Å². The number of aromatic nitrogens is 2. The molecule has 0 aliphatic carbocycles. The average Bonchev–Trinajstić information content (AvgIpc) is 3.83. The smallest absolute Gasteiger partial charge is 0.250 e. The fourth-order valence-corrected chi connectivity index (χ4v) is 8.03. The van der Waals surface area contributed by atoms with Crippen molar-refractivity contribution in [3.8, 4) is 0 Å². The summed E-state index contributed by atoms with van der Waals surface area (Å²) in [5.74, 6) is -3.73. The maximum atomic E-state index is 13.4. The van der Waals surface area contributed by atoms with E-state index in [-0.39, 0.29) is 59.5 Å². The molecule has 3 saturated heterocycles. The zero-order valence-electron chi connectivity index (χ0n) is 24.4. The Hall–Kier alpha value is -4.42. The van der Waals surface area contributed by atoms with Gasteiger partial charge in [-0.1, -0.05) is 0 Å². The molecule has 2 aromatic heterocycles. The van der Waals surface area contributed by atoms with Crippen molar-refractivity contribution in [3.05, 3.63) is 50.9 Å². The first-order valence-corrected chi connectivity index (χ1v) is 17.1. The Morgan fingerprint density at radius 2 is 2.02 bits per heavy atom. The van der Waals surface area contributed by atoms with Crippen LogP contribution < -0.4 is 14.9 Å². The molecule has 47 heavy (non-hydrogen) atoms. The first kappa shape index (κ1) is 32.5. The second kappa shape index (κ2) is 13.0. The Balaban J connectivity index is 1.09. The van der Waals surface area contributed by atoms with Crippen molar-refractivity contribution in [1.29, 1.82) is 0 Å². The minimum absolute atomic E-state index is 0.0912. The predicted octanol–water partition coefficient (Wildman–Crippen LogP) is -1.86. The molecule has 0 radical (unpaired) electrons. The number of fused-ring (bicyclic) bond motifs is 1. The van der Waals surface area contributed by atoms with Crippen molar-refractivity contribution in [2.24, 2.45) is 5.16 Å². The van der Waals surface area contributed by atoms with Crippen LogP contribution in [0.15, 0.2) is 41.7 Å². The van der Waals surface area contributed by atoms with Crippen LogP contribution in [0.1, 0.15) is 30.2 Å². The quantitative estimate of drug-likeness (QED) is 0.0670. The van der Waals surface area contributed by atoms with Crippen LogP contribution >= 0.6 is 23.3 Å². The van der Waals surface area contributed by atoms with Gasteiger partial charge in [-0.05, 0) is 19.8 Å². The third-order valence-electron chi connectivity index (χ3n) is 7.99. The zero-order chi connectivity index (χ0) is 33.6. The first-order valence-electron chi connectivity index (χ1n) is 14.0. The molecule has 4 aliphatic rings. The molecule has 6 rings (SSSR count). The Labute approximate surface area is 281 Å². The molecule has 248 valence electrons. The molecule has 4 amide bonds. The van der Waals surface area contributed by atoms with Crippen molar-refractivity contribution in [2.75, 3.05) is 25.4 Å². The number of aryl methyl sites for hydroxylation is 1. The number of carboxylic acids is 1. The van der Waals surface area contributed by atoms with Crippen LogP contribution in [0.3, 0.4) is 0 Å². The number of hydrogen-bond acceptors (Lipinski definition) is 15. The molecule has 18 nitrogen and oxygen atoms in total. The van der Waals surface area contributed by atoms with Gasteiger partial charge in [-0.3, -0.25) is 4.79 Å². The molecule has 4 aliphatic heterocycles. The standard InChI is InChI=1S/C26H26AsN7O11S2/c1-10-14(45-26(41)44-10)8-43-25(40)32-4-3-13(7-32)33-5-2-11(20(33)36)6-12-9-46-22-16(21(37)34(22)17(12)23(38)39)28-19(35)15(30-42)18-29-24(27)47-31-18/h6,13,16,22,42H,2-5,7-9,27H2,1H3,(H,28,35)(H,38,39)/t13-,16-,22-/m1/s1. The number of nitrogens with zero attached hydrogens (tertiary/aromatic N) is 6. The van der Waals surface area contributed by atoms with E-state index in [1.54, 1.807) is 4.90 Å². The molecule has 0 aromatic carbocycles. The van der Waals surface area contributed by atoms with Gasteiger partial charge < -0.3 is 23.4 Å². The van der Waals surface area contributed by atoms with Gasteiger partial charge in [-0.2, -0.15) is 0 Å². The number of allylic oxidation sites excluding steroid dienone is 1. The summed E-state index contributed by atoms with van der Waals surface area (Å²) in [4.78, 5) is 83.6. The Morgan fingerprint density at radius 1 is 1.23 bits per heavy atom. The van der Waals surface area contributed by atoms with Crippen molar-refractivity contribution < 1.29 is 47.9 Å². The van der Waals surface area contributed by atoms with Gasteiger partial charge in [0.25, 0.3) is 0 Å². The maximum Gasteiger partial charge on any atom is 0.250 e. The largest absolute Gasteiger partial charge is 0.269 e. The normalized spacial score (nSPS) is 23.8. The van der Waals surface area contributed by atoms with E-state index >= 15 is 0 Å². The number of nitrogens with one attached hydrogen (secondary N) is 1. The van der Waals surface area contributed by atoms with E-state index in [9.17, 15) is 39.1 Å². The average molecular weight is 752 g/mol. The number of thioether (sulfide) groups is 1. The molecule has 3 N–H and O–H groups in total. The van der Waals surface area contributed by atoms with Crippen LogP contribution in [0.2, 0.25) is 0 Å². The number of carbonyl (C=O) groups is 5. The van der Waals surface area contributed by atoms with E-state index in [1.165, 1.54) is 46.5 Å². The van der Waals surface area contributed by atoms with Gasteiger partial charge in [0.2, 0.25) is 5.91 Å². The van der Waals surface area contributed by atoms with Crippen molar-refractivity contribution >= 4 is 79.4 Å². The zero-order valence-corrected chi connectivity index (χ0v) is 28.5. The van der Waals surface area contributed by atoms with E-state index in [0.717, 1.165) is 16.4 Å². The second-order valence-electron chi connectivity index (χ2n) is 10.7. The molecule has 0 saturated carbocycles. The van der Waals surface area contributed by atoms with Crippen LogP contribution in [0.25, 0.3) is 0 Å². The number of β-lactam (4-membered cyclic amide) rings is 1. The van der Waals surface area contributed by atoms with Gasteiger partial charge >= 0.3 is 169 Å². The molecule has 3 fully saturated rings.